The molecule has 0 aromatic rings. The molecule has 0 spiro atoms. The Labute approximate surface area is 89.0 Å². The molecule has 15 heavy (non-hydrogen) atoms. The minimum Gasteiger partial charge on any atom is -0.251 e. The summed E-state index contributed by atoms with van der Waals surface area (Å²) in [7, 11) is 0. The highest BCUT2D eigenvalue weighted by Gasteiger charge is 2.64. The van der Waals surface area contributed by atoms with Crippen molar-refractivity contribution in [2.75, 3.05) is 0 Å². The fourth-order valence-electron chi connectivity index (χ4n) is 3.47. The van der Waals surface area contributed by atoms with E-state index >= 15 is 0 Å². The lowest BCUT2D eigenvalue weighted by Crippen LogP contribution is -2.66. The summed E-state index contributed by atoms with van der Waals surface area (Å²) in [5.41, 5.74) is 7.96. The van der Waals surface area contributed by atoms with Gasteiger partial charge in [0.15, 0.2) is 0 Å². The first-order valence-electron chi connectivity index (χ1n) is 5.33. The second-order valence-corrected chi connectivity index (χ2v) is 5.54. The van der Waals surface area contributed by atoms with Crippen LogP contribution in [0.1, 0.15) is 33.6 Å². The molecule has 0 saturated heterocycles. The molecule has 0 aromatic carbocycles. The second-order valence-electron chi connectivity index (χ2n) is 5.54. The lowest BCUT2D eigenvalue weighted by atomic mass is 9.43. The maximum atomic E-state index is 9.09. The van der Waals surface area contributed by atoms with Crippen molar-refractivity contribution in [3.63, 3.8) is 0 Å². The zero-order valence-corrected chi connectivity index (χ0v) is 9.34. The van der Waals surface area contributed by atoms with Gasteiger partial charge in [-0.3, -0.25) is 5.26 Å². The van der Waals surface area contributed by atoms with Gasteiger partial charge in [-0.25, -0.2) is 4.89 Å². The third-order valence-electron chi connectivity index (χ3n) is 4.72. The molecule has 3 aliphatic carbocycles. The molecule has 5 nitrogen and oxygen atoms in total. The predicted molar refractivity (Wildman–Crippen MR) is 55.0 cm³/mol. The van der Waals surface area contributed by atoms with Crippen molar-refractivity contribution in [3.05, 3.63) is 10.4 Å². The average Bonchev–Trinajstić information content (AvgIpc) is 2.20. The Balaban J connectivity index is 2.32. The molecule has 0 heterocycles. The number of azide groups is 1. The summed E-state index contributed by atoms with van der Waals surface area (Å²) in [5.74, 6) is 0.852. The monoisotopic (exact) mass is 211 g/mol. The van der Waals surface area contributed by atoms with E-state index in [2.05, 4.69) is 28.8 Å². The van der Waals surface area contributed by atoms with Gasteiger partial charge in [-0.05, 0) is 42.5 Å². The third kappa shape index (κ3) is 1.20. The van der Waals surface area contributed by atoms with Gasteiger partial charge < -0.3 is 0 Å². The van der Waals surface area contributed by atoms with Crippen molar-refractivity contribution in [1.29, 1.82) is 0 Å². The van der Waals surface area contributed by atoms with Crippen LogP contribution in [0.5, 0.6) is 0 Å². The molecule has 0 radical (unpaired) electrons. The third-order valence-corrected chi connectivity index (χ3v) is 4.72. The molecule has 4 atom stereocenters. The van der Waals surface area contributed by atoms with E-state index in [-0.39, 0.29) is 17.4 Å². The van der Waals surface area contributed by atoms with E-state index in [1.54, 1.807) is 0 Å². The van der Waals surface area contributed by atoms with Gasteiger partial charge in [0, 0.05) is 4.91 Å². The number of nitrogens with zero attached hydrogens (tertiary/aromatic N) is 3. The topological polar surface area (TPSA) is 78.2 Å². The van der Waals surface area contributed by atoms with Crippen molar-refractivity contribution in [2.24, 2.45) is 22.4 Å². The molecular weight excluding hydrogens is 194 g/mol. The van der Waals surface area contributed by atoms with Crippen LogP contribution in [0, 0.1) is 17.3 Å². The van der Waals surface area contributed by atoms with Crippen LogP contribution in [0.2, 0.25) is 0 Å². The summed E-state index contributed by atoms with van der Waals surface area (Å²) < 4.78 is 0. The summed E-state index contributed by atoms with van der Waals surface area (Å²) >= 11 is 0. The standard InChI is InChI=1S/C10H17N3O2/c1-9(2)6-4-7(9)10(3,15-14)8(5-6)12-13-11/h6-8,14H,4-5H2,1-3H3/t6-,7-,8+,10-/m0/s1. The Bertz CT molecular complexity index is 325. The van der Waals surface area contributed by atoms with Gasteiger partial charge in [0.1, 0.15) is 5.60 Å². The SMILES string of the molecule is CC1(C)[C@@H]2C[C@@H](N=[N+]=[N-])[C@@](C)(OO)[C@H]1C2. The maximum Gasteiger partial charge on any atom is 0.112 e. The minimum atomic E-state index is -0.718. The number of rotatable bonds is 2. The zero-order valence-electron chi connectivity index (χ0n) is 9.34. The average molecular weight is 211 g/mol. The van der Waals surface area contributed by atoms with Crippen molar-refractivity contribution in [2.45, 2.75) is 45.3 Å². The Morgan fingerprint density at radius 2 is 2.07 bits per heavy atom. The van der Waals surface area contributed by atoms with Crippen LogP contribution in [0.4, 0.5) is 0 Å². The normalized spacial score (nSPS) is 46.5. The van der Waals surface area contributed by atoms with E-state index < -0.39 is 5.60 Å². The fraction of sp³-hybridized carbons (Fsp3) is 1.00. The quantitative estimate of drug-likeness (QED) is 0.250. The Hall–Kier alpha value is -0.770. The minimum absolute atomic E-state index is 0.180. The molecule has 0 aliphatic heterocycles. The molecule has 2 bridgehead atoms. The first-order valence-corrected chi connectivity index (χ1v) is 5.33. The highest BCUT2D eigenvalue weighted by atomic mass is 17.1. The van der Waals surface area contributed by atoms with Crippen LogP contribution in [-0.4, -0.2) is 16.9 Å². The molecule has 0 unspecified atom stereocenters. The first kappa shape index (κ1) is 10.7. The van der Waals surface area contributed by atoms with Crippen LogP contribution < -0.4 is 0 Å². The summed E-state index contributed by atoms with van der Waals surface area (Å²) in [6.45, 7) is 6.22. The molecule has 84 valence electrons. The van der Waals surface area contributed by atoms with Crippen molar-refractivity contribution in [1.82, 2.24) is 0 Å². The summed E-state index contributed by atoms with van der Waals surface area (Å²) in [4.78, 5) is 7.50. The number of hydrogen-bond donors (Lipinski definition) is 1. The Morgan fingerprint density at radius 1 is 1.40 bits per heavy atom. The zero-order chi connectivity index (χ0) is 11.3. The van der Waals surface area contributed by atoms with E-state index in [1.165, 1.54) is 0 Å². The maximum absolute atomic E-state index is 9.09. The van der Waals surface area contributed by atoms with Gasteiger partial charge in [0.25, 0.3) is 0 Å². The van der Waals surface area contributed by atoms with Gasteiger partial charge in [-0.1, -0.05) is 19.0 Å². The molecule has 3 aliphatic rings. The highest BCUT2D eigenvalue weighted by molar-refractivity contribution is 5.15. The largest absolute Gasteiger partial charge is 0.251 e. The van der Waals surface area contributed by atoms with Gasteiger partial charge in [-0.2, -0.15) is 0 Å². The molecule has 3 rings (SSSR count). The van der Waals surface area contributed by atoms with Crippen LogP contribution in [0.3, 0.4) is 0 Å². The number of hydrogen-bond acceptors (Lipinski definition) is 3. The Kier molecular flexibility index (Phi) is 2.23. The first-order chi connectivity index (χ1) is 6.96. The molecule has 3 fully saturated rings. The van der Waals surface area contributed by atoms with Crippen LogP contribution >= 0.6 is 0 Å². The molecule has 0 amide bonds. The summed E-state index contributed by atoms with van der Waals surface area (Å²) in [5, 5.41) is 12.8. The van der Waals surface area contributed by atoms with Gasteiger partial charge in [0.05, 0.1) is 6.04 Å². The highest BCUT2D eigenvalue weighted by Crippen LogP contribution is 2.64. The molecule has 3 saturated carbocycles. The smallest absolute Gasteiger partial charge is 0.112 e. The van der Waals surface area contributed by atoms with Crippen molar-refractivity contribution < 1.29 is 10.1 Å². The van der Waals surface area contributed by atoms with Crippen molar-refractivity contribution in [3.8, 4) is 0 Å². The second kappa shape index (κ2) is 3.11. The lowest BCUT2D eigenvalue weighted by molar-refractivity contribution is -0.376. The van der Waals surface area contributed by atoms with E-state index in [0.29, 0.717) is 5.92 Å². The Morgan fingerprint density at radius 3 is 2.53 bits per heavy atom. The van der Waals surface area contributed by atoms with Gasteiger partial charge >= 0.3 is 0 Å². The van der Waals surface area contributed by atoms with E-state index in [4.69, 9.17) is 10.8 Å². The predicted octanol–water partition coefficient (Wildman–Crippen LogP) is 2.98. The summed E-state index contributed by atoms with van der Waals surface area (Å²) in [6, 6.07) is -0.246. The van der Waals surface area contributed by atoms with Crippen molar-refractivity contribution >= 4 is 0 Å². The van der Waals surface area contributed by atoms with Gasteiger partial charge in [0.2, 0.25) is 0 Å². The van der Waals surface area contributed by atoms with Gasteiger partial charge in [-0.15, -0.1) is 0 Å². The molecule has 5 heteroatoms. The van der Waals surface area contributed by atoms with Crippen LogP contribution in [-0.2, 0) is 4.89 Å². The molecular formula is C10H17N3O2. The van der Waals surface area contributed by atoms with Crippen LogP contribution in [0.15, 0.2) is 5.11 Å². The lowest BCUT2D eigenvalue weighted by Gasteiger charge is -2.64. The molecule has 1 N–H and O–H groups in total. The molecule has 0 aromatic heterocycles. The number of fused-ring (bicyclic) bond motifs is 2. The fourth-order valence-corrected chi connectivity index (χ4v) is 3.47. The van der Waals surface area contributed by atoms with E-state index in [0.717, 1.165) is 12.8 Å². The van der Waals surface area contributed by atoms with E-state index in [9.17, 15) is 0 Å². The van der Waals surface area contributed by atoms with E-state index in [1.807, 2.05) is 6.92 Å². The summed E-state index contributed by atoms with van der Waals surface area (Å²) in [6.07, 6.45) is 1.87. The van der Waals surface area contributed by atoms with Crippen LogP contribution in [0.25, 0.3) is 10.4 Å².